The van der Waals surface area contributed by atoms with E-state index in [0.29, 0.717) is 6.54 Å². The standard InChI is InChI=1S/C20H29N3OS/c1-20(2,13-17-10-11-25-15-17)22-19(24)21-14-18(23(3)4)12-16-8-6-5-7-9-16/h5-11,15,18H,12-14H2,1-4H3,(H2,21,22,24)/t18-/m0/s1. The van der Waals surface area contributed by atoms with E-state index in [1.807, 2.05) is 20.2 Å². The fourth-order valence-corrected chi connectivity index (χ4v) is 3.50. The third-order valence-corrected chi connectivity index (χ3v) is 4.95. The van der Waals surface area contributed by atoms with E-state index in [4.69, 9.17) is 0 Å². The molecule has 0 spiro atoms. The van der Waals surface area contributed by atoms with Gasteiger partial charge in [-0.25, -0.2) is 4.79 Å². The Morgan fingerprint density at radius 2 is 1.88 bits per heavy atom. The van der Waals surface area contributed by atoms with Gasteiger partial charge in [-0.2, -0.15) is 11.3 Å². The van der Waals surface area contributed by atoms with Crippen LogP contribution in [0.1, 0.15) is 25.0 Å². The van der Waals surface area contributed by atoms with Crippen LogP contribution in [-0.4, -0.2) is 43.2 Å². The molecule has 0 bridgehead atoms. The van der Waals surface area contributed by atoms with Gasteiger partial charge in [-0.3, -0.25) is 0 Å². The molecular weight excluding hydrogens is 330 g/mol. The van der Waals surface area contributed by atoms with Crippen LogP contribution in [0.25, 0.3) is 0 Å². The van der Waals surface area contributed by atoms with Gasteiger partial charge in [0.15, 0.2) is 0 Å². The van der Waals surface area contributed by atoms with Gasteiger partial charge in [0, 0.05) is 18.1 Å². The van der Waals surface area contributed by atoms with Crippen LogP contribution in [0.5, 0.6) is 0 Å². The number of nitrogens with one attached hydrogen (secondary N) is 2. The van der Waals surface area contributed by atoms with E-state index < -0.39 is 0 Å². The van der Waals surface area contributed by atoms with E-state index in [0.717, 1.165) is 12.8 Å². The molecule has 1 atom stereocenters. The van der Waals surface area contributed by atoms with E-state index in [2.05, 4.69) is 70.5 Å². The number of amides is 2. The van der Waals surface area contributed by atoms with Crippen LogP contribution in [0.4, 0.5) is 4.79 Å². The van der Waals surface area contributed by atoms with Crippen molar-refractivity contribution in [3.8, 4) is 0 Å². The van der Waals surface area contributed by atoms with Crippen molar-refractivity contribution in [2.45, 2.75) is 38.3 Å². The smallest absolute Gasteiger partial charge is 0.315 e. The second kappa shape index (κ2) is 9.02. The van der Waals surface area contributed by atoms with Crippen LogP contribution in [0, 0.1) is 0 Å². The highest BCUT2D eigenvalue weighted by atomic mass is 32.1. The maximum atomic E-state index is 12.3. The highest BCUT2D eigenvalue weighted by Crippen LogP contribution is 2.15. The summed E-state index contributed by atoms with van der Waals surface area (Å²) in [5.74, 6) is 0. The number of urea groups is 1. The van der Waals surface area contributed by atoms with Crippen molar-refractivity contribution in [1.82, 2.24) is 15.5 Å². The average molecular weight is 360 g/mol. The van der Waals surface area contributed by atoms with Gasteiger partial charge in [0.1, 0.15) is 0 Å². The number of hydrogen-bond donors (Lipinski definition) is 2. The molecule has 2 N–H and O–H groups in total. The maximum Gasteiger partial charge on any atom is 0.315 e. The van der Waals surface area contributed by atoms with Crippen molar-refractivity contribution < 1.29 is 4.79 Å². The first kappa shape index (κ1) is 19.5. The second-order valence-electron chi connectivity index (χ2n) is 7.33. The first-order chi connectivity index (χ1) is 11.9. The quantitative estimate of drug-likeness (QED) is 0.757. The molecule has 0 radical (unpaired) electrons. The second-order valence-corrected chi connectivity index (χ2v) is 8.11. The Morgan fingerprint density at radius 3 is 2.48 bits per heavy atom. The third kappa shape index (κ3) is 6.88. The fraction of sp³-hybridized carbons (Fsp3) is 0.450. The fourth-order valence-electron chi connectivity index (χ4n) is 2.83. The minimum atomic E-state index is -0.280. The van der Waals surface area contributed by atoms with E-state index in [1.54, 1.807) is 11.3 Å². The lowest BCUT2D eigenvalue weighted by molar-refractivity contribution is 0.222. The molecule has 0 aliphatic rings. The number of benzene rings is 1. The molecule has 136 valence electrons. The van der Waals surface area contributed by atoms with Crippen molar-refractivity contribution in [1.29, 1.82) is 0 Å². The lowest BCUT2D eigenvalue weighted by atomic mass is 9.97. The van der Waals surface area contributed by atoms with Gasteiger partial charge in [-0.1, -0.05) is 30.3 Å². The van der Waals surface area contributed by atoms with Crippen LogP contribution >= 0.6 is 11.3 Å². The Morgan fingerprint density at radius 1 is 1.16 bits per heavy atom. The number of carbonyl (C=O) groups is 1. The van der Waals surface area contributed by atoms with Crippen molar-refractivity contribution in [3.63, 3.8) is 0 Å². The average Bonchev–Trinajstić information content (AvgIpc) is 3.03. The predicted molar refractivity (Wildman–Crippen MR) is 106 cm³/mol. The number of thiophene rings is 1. The molecule has 4 nitrogen and oxygen atoms in total. The van der Waals surface area contributed by atoms with Gasteiger partial charge in [0.2, 0.25) is 0 Å². The van der Waals surface area contributed by atoms with Gasteiger partial charge in [0.05, 0.1) is 0 Å². The molecule has 25 heavy (non-hydrogen) atoms. The Balaban J connectivity index is 1.83. The van der Waals surface area contributed by atoms with Crippen LogP contribution in [0.15, 0.2) is 47.2 Å². The SMILES string of the molecule is CN(C)[C@H](CNC(=O)NC(C)(C)Cc1ccsc1)Cc1ccccc1. The van der Waals surface area contributed by atoms with Crippen molar-refractivity contribution in [2.75, 3.05) is 20.6 Å². The number of rotatable bonds is 8. The molecule has 2 aromatic rings. The van der Waals surface area contributed by atoms with E-state index in [9.17, 15) is 4.79 Å². The zero-order valence-electron chi connectivity index (χ0n) is 15.6. The summed E-state index contributed by atoms with van der Waals surface area (Å²) >= 11 is 1.68. The topological polar surface area (TPSA) is 44.4 Å². The van der Waals surface area contributed by atoms with Gasteiger partial charge < -0.3 is 15.5 Å². The first-order valence-electron chi connectivity index (χ1n) is 8.63. The van der Waals surface area contributed by atoms with Gasteiger partial charge >= 0.3 is 6.03 Å². The molecule has 0 aliphatic carbocycles. The normalized spacial score (nSPS) is 12.8. The number of hydrogen-bond acceptors (Lipinski definition) is 3. The number of likely N-dealkylation sites (N-methyl/N-ethyl adjacent to an activating group) is 1. The minimum Gasteiger partial charge on any atom is -0.337 e. The summed E-state index contributed by atoms with van der Waals surface area (Å²) in [6, 6.07) is 12.6. The van der Waals surface area contributed by atoms with Gasteiger partial charge in [0.25, 0.3) is 0 Å². The summed E-state index contributed by atoms with van der Waals surface area (Å²) in [4.78, 5) is 14.5. The monoisotopic (exact) mass is 359 g/mol. The molecule has 0 saturated heterocycles. The lowest BCUT2D eigenvalue weighted by Crippen LogP contribution is -2.52. The Kier molecular flexibility index (Phi) is 7.02. The molecular formula is C20H29N3OS. The van der Waals surface area contributed by atoms with Crippen LogP contribution in [-0.2, 0) is 12.8 Å². The van der Waals surface area contributed by atoms with E-state index in [-0.39, 0.29) is 17.6 Å². The molecule has 0 saturated carbocycles. The Hall–Kier alpha value is -1.85. The molecule has 2 rings (SSSR count). The van der Waals surface area contributed by atoms with Gasteiger partial charge in [-0.05, 0) is 68.7 Å². The first-order valence-corrected chi connectivity index (χ1v) is 9.57. The molecule has 0 unspecified atom stereocenters. The maximum absolute atomic E-state index is 12.3. The summed E-state index contributed by atoms with van der Waals surface area (Å²) < 4.78 is 0. The largest absolute Gasteiger partial charge is 0.337 e. The molecule has 2 amide bonds. The highest BCUT2D eigenvalue weighted by molar-refractivity contribution is 7.07. The Labute approximate surface area is 155 Å². The molecule has 1 heterocycles. The molecule has 5 heteroatoms. The number of nitrogens with zero attached hydrogens (tertiary/aromatic N) is 1. The number of carbonyl (C=O) groups excluding carboxylic acids is 1. The van der Waals surface area contributed by atoms with Crippen molar-refractivity contribution in [3.05, 3.63) is 58.3 Å². The lowest BCUT2D eigenvalue weighted by Gasteiger charge is -2.28. The summed E-state index contributed by atoms with van der Waals surface area (Å²) in [6.07, 6.45) is 1.73. The van der Waals surface area contributed by atoms with Crippen molar-refractivity contribution in [2.24, 2.45) is 0 Å². The molecule has 1 aromatic heterocycles. The summed E-state index contributed by atoms with van der Waals surface area (Å²) in [5, 5.41) is 10.3. The Bertz CT molecular complexity index is 638. The summed E-state index contributed by atoms with van der Waals surface area (Å²) in [6.45, 7) is 4.72. The van der Waals surface area contributed by atoms with Crippen LogP contribution in [0.2, 0.25) is 0 Å². The zero-order chi connectivity index (χ0) is 18.3. The van der Waals surface area contributed by atoms with Gasteiger partial charge in [-0.15, -0.1) is 0 Å². The zero-order valence-corrected chi connectivity index (χ0v) is 16.4. The summed E-state index contributed by atoms with van der Waals surface area (Å²) in [5.41, 5.74) is 2.25. The minimum absolute atomic E-state index is 0.111. The van der Waals surface area contributed by atoms with Crippen molar-refractivity contribution >= 4 is 17.4 Å². The highest BCUT2D eigenvalue weighted by Gasteiger charge is 2.22. The van der Waals surface area contributed by atoms with E-state index in [1.165, 1.54) is 11.1 Å². The third-order valence-electron chi connectivity index (χ3n) is 4.22. The van der Waals surface area contributed by atoms with Crippen LogP contribution < -0.4 is 10.6 Å². The van der Waals surface area contributed by atoms with Crippen LogP contribution in [0.3, 0.4) is 0 Å². The predicted octanol–water partition coefficient (Wildman–Crippen LogP) is 3.54. The van der Waals surface area contributed by atoms with E-state index >= 15 is 0 Å². The summed E-state index contributed by atoms with van der Waals surface area (Å²) in [7, 11) is 4.10. The molecule has 0 aliphatic heterocycles. The molecule has 0 fully saturated rings. The molecule has 1 aromatic carbocycles.